The van der Waals surface area contributed by atoms with Gasteiger partial charge in [-0.1, -0.05) is 0 Å². The molecule has 0 unspecified atom stereocenters. The van der Waals surface area contributed by atoms with E-state index >= 15 is 0 Å². The number of hydrogen-bond acceptors (Lipinski definition) is 3. The van der Waals surface area contributed by atoms with Crippen molar-refractivity contribution in [2.75, 3.05) is 6.54 Å². The number of rotatable bonds is 2. The minimum atomic E-state index is 0.0488. The lowest BCUT2D eigenvalue weighted by atomic mass is 10.2. The minimum Gasteiger partial charge on any atom is -0.330 e. The van der Waals surface area contributed by atoms with Gasteiger partial charge in [-0.3, -0.25) is 9.69 Å². The van der Waals surface area contributed by atoms with E-state index in [2.05, 4.69) is 28.3 Å². The summed E-state index contributed by atoms with van der Waals surface area (Å²) in [5.74, 6) is 1.13. The molecule has 106 valence electrons. The molecule has 0 amide bonds. The van der Waals surface area contributed by atoms with E-state index in [0.717, 1.165) is 43.3 Å². The maximum Gasteiger partial charge on any atom is 0.250 e. The van der Waals surface area contributed by atoms with Gasteiger partial charge in [0.2, 0.25) is 0 Å². The van der Waals surface area contributed by atoms with Crippen LogP contribution in [0.5, 0.6) is 0 Å². The predicted molar refractivity (Wildman–Crippen MR) is 77.5 cm³/mol. The molecule has 0 atom stereocenters. The highest BCUT2D eigenvalue weighted by atomic mass is 16.1. The van der Waals surface area contributed by atoms with Gasteiger partial charge in [0.05, 0.1) is 12.2 Å². The first-order valence-corrected chi connectivity index (χ1v) is 6.95. The molecule has 20 heavy (non-hydrogen) atoms. The first-order chi connectivity index (χ1) is 9.54. The van der Waals surface area contributed by atoms with Crippen LogP contribution in [0.25, 0.3) is 0 Å². The summed E-state index contributed by atoms with van der Waals surface area (Å²) in [6, 6.07) is 3.73. The second-order valence-corrected chi connectivity index (χ2v) is 5.55. The first kappa shape index (κ1) is 13.1. The van der Waals surface area contributed by atoms with Crippen molar-refractivity contribution < 1.29 is 0 Å². The van der Waals surface area contributed by atoms with Crippen LogP contribution < -0.4 is 5.56 Å². The van der Waals surface area contributed by atoms with Gasteiger partial charge in [0.25, 0.3) is 5.56 Å². The van der Waals surface area contributed by atoms with Gasteiger partial charge in [0, 0.05) is 44.6 Å². The molecule has 3 heterocycles. The van der Waals surface area contributed by atoms with Crippen LogP contribution in [0.3, 0.4) is 0 Å². The van der Waals surface area contributed by atoms with Crippen LogP contribution in [0.1, 0.15) is 22.8 Å². The highest BCUT2D eigenvalue weighted by Gasteiger charge is 2.20. The molecule has 1 aliphatic rings. The summed E-state index contributed by atoms with van der Waals surface area (Å²) in [6.45, 7) is 7.82. The van der Waals surface area contributed by atoms with Crippen molar-refractivity contribution >= 4 is 0 Å². The first-order valence-electron chi connectivity index (χ1n) is 6.95. The van der Waals surface area contributed by atoms with Crippen molar-refractivity contribution in [2.24, 2.45) is 7.05 Å². The van der Waals surface area contributed by atoms with Crippen molar-refractivity contribution in [3.8, 4) is 0 Å². The number of hydrogen-bond donors (Lipinski definition) is 0. The fraction of sp³-hybridized carbons (Fsp3) is 0.467. The number of aryl methyl sites for hydroxylation is 2. The normalized spacial score (nSPS) is 15.3. The molecule has 3 rings (SSSR count). The number of aromatic nitrogens is 3. The highest BCUT2D eigenvalue weighted by Crippen LogP contribution is 2.18. The van der Waals surface area contributed by atoms with E-state index in [9.17, 15) is 4.79 Å². The maximum atomic E-state index is 11.7. The molecule has 0 fully saturated rings. The topological polar surface area (TPSA) is 43.1 Å². The lowest BCUT2D eigenvalue weighted by Crippen LogP contribution is -2.34. The number of pyridine rings is 1. The van der Waals surface area contributed by atoms with Crippen molar-refractivity contribution in [3.63, 3.8) is 0 Å². The van der Waals surface area contributed by atoms with E-state index in [4.69, 9.17) is 0 Å². The third kappa shape index (κ3) is 2.29. The zero-order chi connectivity index (χ0) is 14.3. The average molecular weight is 272 g/mol. The fourth-order valence-electron chi connectivity index (χ4n) is 2.74. The Morgan fingerprint density at radius 3 is 2.85 bits per heavy atom. The zero-order valence-electron chi connectivity index (χ0n) is 12.3. The Bertz CT molecular complexity index is 698. The molecule has 0 radical (unpaired) electrons. The van der Waals surface area contributed by atoms with Crippen LogP contribution in [-0.4, -0.2) is 25.6 Å². The van der Waals surface area contributed by atoms with Gasteiger partial charge in [-0.2, -0.15) is 0 Å². The van der Waals surface area contributed by atoms with Crippen molar-refractivity contribution in [1.82, 2.24) is 19.0 Å². The summed E-state index contributed by atoms with van der Waals surface area (Å²) in [5, 5.41) is 0. The van der Waals surface area contributed by atoms with Crippen LogP contribution in [0.15, 0.2) is 23.1 Å². The number of nitrogens with zero attached hydrogens (tertiary/aromatic N) is 4. The molecule has 0 aromatic carbocycles. The number of imidazole rings is 1. The molecule has 0 saturated carbocycles. The molecule has 1 aliphatic heterocycles. The van der Waals surface area contributed by atoms with Crippen molar-refractivity contribution in [3.05, 3.63) is 51.5 Å². The summed E-state index contributed by atoms with van der Waals surface area (Å²) in [5.41, 5.74) is 3.51. The van der Waals surface area contributed by atoms with Crippen LogP contribution in [-0.2, 0) is 26.7 Å². The SMILES string of the molecule is Cc1nc2n(c1C)CCN(Cc1ccn(C)c(=O)c1)C2. The molecule has 2 aromatic heterocycles. The van der Waals surface area contributed by atoms with Gasteiger partial charge in [0.15, 0.2) is 0 Å². The second kappa shape index (κ2) is 4.90. The molecule has 0 saturated heterocycles. The van der Waals surface area contributed by atoms with Crippen molar-refractivity contribution in [2.45, 2.75) is 33.5 Å². The summed E-state index contributed by atoms with van der Waals surface area (Å²) in [6.07, 6.45) is 1.83. The fourth-order valence-corrected chi connectivity index (χ4v) is 2.74. The lowest BCUT2D eigenvalue weighted by molar-refractivity contribution is 0.207. The predicted octanol–water partition coefficient (Wildman–Crippen LogP) is 1.21. The Morgan fingerprint density at radius 1 is 1.30 bits per heavy atom. The molecule has 0 bridgehead atoms. The molecular formula is C15H20N4O. The van der Waals surface area contributed by atoms with Gasteiger partial charge in [-0.25, -0.2) is 4.98 Å². The quantitative estimate of drug-likeness (QED) is 0.825. The van der Waals surface area contributed by atoms with E-state index in [-0.39, 0.29) is 5.56 Å². The molecule has 0 spiro atoms. The Balaban J connectivity index is 1.77. The average Bonchev–Trinajstić information content (AvgIpc) is 2.69. The molecule has 5 nitrogen and oxygen atoms in total. The van der Waals surface area contributed by atoms with Crippen LogP contribution >= 0.6 is 0 Å². The standard InChI is InChI=1S/C15H20N4O/c1-11-12(2)19-7-6-18(10-14(19)16-11)9-13-4-5-17(3)15(20)8-13/h4-5,8H,6-7,9-10H2,1-3H3. The molecular weight excluding hydrogens is 252 g/mol. The smallest absolute Gasteiger partial charge is 0.250 e. The summed E-state index contributed by atoms with van der Waals surface area (Å²) in [7, 11) is 1.77. The molecule has 2 aromatic rings. The van der Waals surface area contributed by atoms with E-state index in [1.54, 1.807) is 17.7 Å². The lowest BCUT2D eigenvalue weighted by Gasteiger charge is -2.28. The largest absolute Gasteiger partial charge is 0.330 e. The Kier molecular flexibility index (Phi) is 3.22. The number of fused-ring (bicyclic) bond motifs is 1. The third-order valence-electron chi connectivity index (χ3n) is 4.12. The summed E-state index contributed by atoms with van der Waals surface area (Å²) in [4.78, 5) is 18.6. The van der Waals surface area contributed by atoms with Gasteiger partial charge < -0.3 is 9.13 Å². The third-order valence-corrected chi connectivity index (χ3v) is 4.12. The minimum absolute atomic E-state index is 0.0488. The van der Waals surface area contributed by atoms with E-state index in [1.807, 2.05) is 12.3 Å². The van der Waals surface area contributed by atoms with E-state index in [1.165, 1.54) is 5.69 Å². The van der Waals surface area contributed by atoms with Gasteiger partial charge in [-0.05, 0) is 25.5 Å². The van der Waals surface area contributed by atoms with Gasteiger partial charge >= 0.3 is 0 Å². The highest BCUT2D eigenvalue weighted by molar-refractivity contribution is 5.16. The monoisotopic (exact) mass is 272 g/mol. The zero-order valence-corrected chi connectivity index (χ0v) is 12.3. The van der Waals surface area contributed by atoms with E-state index < -0.39 is 0 Å². The Hall–Kier alpha value is -1.88. The summed E-state index contributed by atoms with van der Waals surface area (Å²) < 4.78 is 3.90. The maximum absolute atomic E-state index is 11.7. The Morgan fingerprint density at radius 2 is 2.10 bits per heavy atom. The molecule has 0 aliphatic carbocycles. The van der Waals surface area contributed by atoms with Gasteiger partial charge in [0.1, 0.15) is 5.82 Å². The molecule has 5 heteroatoms. The molecule has 0 N–H and O–H groups in total. The van der Waals surface area contributed by atoms with Gasteiger partial charge in [-0.15, -0.1) is 0 Å². The van der Waals surface area contributed by atoms with Crippen molar-refractivity contribution in [1.29, 1.82) is 0 Å². The van der Waals surface area contributed by atoms with E-state index in [0.29, 0.717) is 0 Å². The Labute approximate surface area is 118 Å². The summed E-state index contributed by atoms with van der Waals surface area (Å²) >= 11 is 0. The van der Waals surface area contributed by atoms with Crippen LogP contribution in [0.2, 0.25) is 0 Å². The second-order valence-electron chi connectivity index (χ2n) is 5.55. The van der Waals surface area contributed by atoms with Crippen LogP contribution in [0, 0.1) is 13.8 Å². The van der Waals surface area contributed by atoms with Crippen LogP contribution in [0.4, 0.5) is 0 Å².